The number of carbonyl (C=O) groups is 1. The molecule has 2 aromatic rings. The highest BCUT2D eigenvalue weighted by atomic mass is 32.2. The highest BCUT2D eigenvalue weighted by Gasteiger charge is 2.24. The van der Waals surface area contributed by atoms with E-state index in [0.29, 0.717) is 28.5 Å². The first-order valence-electron chi connectivity index (χ1n) is 10.6. The van der Waals surface area contributed by atoms with Crippen LogP contribution in [0, 0.1) is 5.92 Å². The summed E-state index contributed by atoms with van der Waals surface area (Å²) in [6.45, 7) is 3.44. The second-order valence-electron chi connectivity index (χ2n) is 8.19. The number of rotatable bonds is 6. The van der Waals surface area contributed by atoms with Crippen molar-refractivity contribution in [2.45, 2.75) is 69.3 Å². The molecule has 1 aliphatic heterocycles. The van der Waals surface area contributed by atoms with Gasteiger partial charge in [-0.3, -0.25) is 14.2 Å². The number of benzene rings is 1. The van der Waals surface area contributed by atoms with Gasteiger partial charge in [0, 0.05) is 12.6 Å². The minimum Gasteiger partial charge on any atom is -0.376 e. The molecule has 1 aromatic carbocycles. The van der Waals surface area contributed by atoms with Gasteiger partial charge >= 0.3 is 0 Å². The van der Waals surface area contributed by atoms with Crippen molar-refractivity contribution in [1.29, 1.82) is 0 Å². The fourth-order valence-electron chi connectivity index (χ4n) is 4.32. The van der Waals surface area contributed by atoms with E-state index in [2.05, 4.69) is 12.2 Å². The van der Waals surface area contributed by atoms with Gasteiger partial charge in [-0.25, -0.2) is 4.98 Å². The normalized spacial score (nSPS) is 24.7. The number of hydrogen-bond donors (Lipinski definition) is 1. The molecule has 1 aliphatic carbocycles. The third kappa shape index (κ3) is 4.83. The molecule has 4 rings (SSSR count). The molecule has 1 saturated heterocycles. The second-order valence-corrected chi connectivity index (χ2v) is 9.13. The van der Waals surface area contributed by atoms with E-state index in [0.717, 1.165) is 25.9 Å². The zero-order valence-corrected chi connectivity index (χ0v) is 17.7. The van der Waals surface area contributed by atoms with Gasteiger partial charge in [-0.15, -0.1) is 0 Å². The summed E-state index contributed by atoms with van der Waals surface area (Å²) < 4.78 is 7.43. The number of nitrogens with one attached hydrogen (secondary N) is 1. The number of ether oxygens (including phenoxy) is 1. The molecule has 0 bridgehead atoms. The average molecular weight is 416 g/mol. The van der Waals surface area contributed by atoms with E-state index in [1.807, 2.05) is 24.3 Å². The predicted octanol–water partition coefficient (Wildman–Crippen LogP) is 3.36. The number of fused-ring (bicyclic) bond motifs is 1. The molecule has 7 heteroatoms. The summed E-state index contributed by atoms with van der Waals surface area (Å²) >= 11 is 1.34. The van der Waals surface area contributed by atoms with Crippen LogP contribution < -0.4 is 10.9 Å². The lowest BCUT2D eigenvalue weighted by atomic mass is 9.86. The molecule has 1 N–H and O–H groups in total. The molecule has 2 heterocycles. The molecule has 156 valence electrons. The van der Waals surface area contributed by atoms with Crippen LogP contribution in [0.15, 0.2) is 34.2 Å². The number of para-hydroxylation sites is 1. The Labute approximate surface area is 175 Å². The van der Waals surface area contributed by atoms with Crippen molar-refractivity contribution in [3.8, 4) is 0 Å². The third-order valence-corrected chi connectivity index (χ3v) is 7.00. The average Bonchev–Trinajstić information content (AvgIpc) is 3.24. The van der Waals surface area contributed by atoms with E-state index < -0.39 is 0 Å². The van der Waals surface area contributed by atoms with Gasteiger partial charge in [0.15, 0.2) is 5.16 Å². The van der Waals surface area contributed by atoms with Gasteiger partial charge < -0.3 is 10.1 Å². The highest BCUT2D eigenvalue weighted by Crippen LogP contribution is 2.25. The predicted molar refractivity (Wildman–Crippen MR) is 115 cm³/mol. The molecule has 1 amide bonds. The molecule has 29 heavy (non-hydrogen) atoms. The third-order valence-electron chi connectivity index (χ3n) is 6.03. The van der Waals surface area contributed by atoms with Gasteiger partial charge in [-0.05, 0) is 43.7 Å². The summed E-state index contributed by atoms with van der Waals surface area (Å²) in [6, 6.07) is 7.65. The van der Waals surface area contributed by atoms with Gasteiger partial charge in [0.05, 0.1) is 29.3 Å². The fourth-order valence-corrected chi connectivity index (χ4v) is 5.14. The molecule has 0 unspecified atom stereocenters. The van der Waals surface area contributed by atoms with Crippen molar-refractivity contribution in [2.24, 2.45) is 5.92 Å². The van der Waals surface area contributed by atoms with Crippen molar-refractivity contribution in [1.82, 2.24) is 14.9 Å². The van der Waals surface area contributed by atoms with Crippen LogP contribution >= 0.6 is 11.8 Å². The van der Waals surface area contributed by atoms with Crippen molar-refractivity contribution in [3.63, 3.8) is 0 Å². The van der Waals surface area contributed by atoms with Gasteiger partial charge in [0.25, 0.3) is 5.56 Å². The van der Waals surface area contributed by atoms with Crippen LogP contribution in [0.1, 0.15) is 45.4 Å². The first-order valence-corrected chi connectivity index (χ1v) is 11.6. The maximum Gasteiger partial charge on any atom is 0.262 e. The second kappa shape index (κ2) is 9.30. The van der Waals surface area contributed by atoms with E-state index in [9.17, 15) is 9.59 Å². The van der Waals surface area contributed by atoms with Crippen LogP contribution in [-0.4, -0.2) is 40.0 Å². The van der Waals surface area contributed by atoms with E-state index in [1.54, 1.807) is 4.57 Å². The SMILES string of the molecule is C[C@@H]1CCCC[C@@H]1NC(=O)CSc1nc2ccccc2c(=O)n1C[C@@H]1CCCO1. The molecule has 0 radical (unpaired) electrons. The quantitative estimate of drug-likeness (QED) is 0.578. The zero-order valence-electron chi connectivity index (χ0n) is 16.9. The summed E-state index contributed by atoms with van der Waals surface area (Å²) in [7, 11) is 0. The highest BCUT2D eigenvalue weighted by molar-refractivity contribution is 7.99. The number of aromatic nitrogens is 2. The maximum absolute atomic E-state index is 13.1. The smallest absolute Gasteiger partial charge is 0.262 e. The molecule has 1 saturated carbocycles. The lowest BCUT2D eigenvalue weighted by Crippen LogP contribution is -2.42. The van der Waals surface area contributed by atoms with E-state index in [-0.39, 0.29) is 29.4 Å². The van der Waals surface area contributed by atoms with Crippen LogP contribution in [0.25, 0.3) is 10.9 Å². The summed E-state index contributed by atoms with van der Waals surface area (Å²) in [5.74, 6) is 0.800. The Morgan fingerprint density at radius 3 is 2.86 bits per heavy atom. The van der Waals surface area contributed by atoms with Crippen LogP contribution in [0.5, 0.6) is 0 Å². The lowest BCUT2D eigenvalue weighted by Gasteiger charge is -2.29. The van der Waals surface area contributed by atoms with Crippen molar-refractivity contribution >= 4 is 28.6 Å². The number of thioether (sulfide) groups is 1. The van der Waals surface area contributed by atoms with Crippen LogP contribution in [0.2, 0.25) is 0 Å². The zero-order chi connectivity index (χ0) is 20.2. The van der Waals surface area contributed by atoms with E-state index >= 15 is 0 Å². The number of carbonyl (C=O) groups excluding carboxylic acids is 1. The summed E-state index contributed by atoms with van der Waals surface area (Å²) in [6.07, 6.45) is 6.65. The number of amides is 1. The maximum atomic E-state index is 13.1. The topological polar surface area (TPSA) is 73.2 Å². The van der Waals surface area contributed by atoms with E-state index in [4.69, 9.17) is 9.72 Å². The molecule has 0 spiro atoms. The van der Waals surface area contributed by atoms with Gasteiger partial charge in [-0.2, -0.15) is 0 Å². The largest absolute Gasteiger partial charge is 0.376 e. The van der Waals surface area contributed by atoms with Crippen LogP contribution in [0.4, 0.5) is 0 Å². The Morgan fingerprint density at radius 1 is 1.24 bits per heavy atom. The van der Waals surface area contributed by atoms with Gasteiger partial charge in [0.2, 0.25) is 5.91 Å². The Morgan fingerprint density at radius 2 is 2.07 bits per heavy atom. The van der Waals surface area contributed by atoms with Crippen molar-refractivity contribution in [2.75, 3.05) is 12.4 Å². The molecule has 2 aliphatic rings. The van der Waals surface area contributed by atoms with Gasteiger partial charge in [0.1, 0.15) is 0 Å². The van der Waals surface area contributed by atoms with Gasteiger partial charge in [-0.1, -0.05) is 43.7 Å². The van der Waals surface area contributed by atoms with Crippen LogP contribution in [0.3, 0.4) is 0 Å². The summed E-state index contributed by atoms with van der Waals surface area (Å²) in [5, 5.41) is 4.38. The summed E-state index contributed by atoms with van der Waals surface area (Å²) in [5.41, 5.74) is 0.611. The standard InChI is InChI=1S/C22H29N3O3S/c1-15-7-2-4-10-18(15)23-20(26)14-29-22-24-19-11-5-3-9-17(19)21(27)25(22)13-16-8-6-12-28-16/h3,5,9,11,15-16,18H,2,4,6-8,10,12-14H2,1H3,(H,23,26)/t15-,16+,18+/m1/s1. The molecule has 2 fully saturated rings. The first kappa shape index (κ1) is 20.4. The molecular weight excluding hydrogens is 386 g/mol. The number of hydrogen-bond acceptors (Lipinski definition) is 5. The van der Waals surface area contributed by atoms with Crippen molar-refractivity contribution in [3.05, 3.63) is 34.6 Å². The van der Waals surface area contributed by atoms with E-state index in [1.165, 1.54) is 31.0 Å². The molecule has 6 nitrogen and oxygen atoms in total. The minimum atomic E-state index is -0.0603. The Balaban J connectivity index is 1.51. The molecule has 1 aromatic heterocycles. The molecular formula is C22H29N3O3S. The Kier molecular flexibility index (Phi) is 6.55. The first-order chi connectivity index (χ1) is 14.1. The van der Waals surface area contributed by atoms with Crippen molar-refractivity contribution < 1.29 is 9.53 Å². The monoisotopic (exact) mass is 415 g/mol. The summed E-state index contributed by atoms with van der Waals surface area (Å²) in [4.78, 5) is 30.4. The Hall–Kier alpha value is -1.86. The fraction of sp³-hybridized carbons (Fsp3) is 0.591. The minimum absolute atomic E-state index is 0.0137. The Bertz CT molecular complexity index is 923. The lowest BCUT2D eigenvalue weighted by molar-refractivity contribution is -0.119. The van der Waals surface area contributed by atoms with Crippen LogP contribution in [-0.2, 0) is 16.1 Å². The molecule has 3 atom stereocenters. The number of nitrogens with zero attached hydrogens (tertiary/aromatic N) is 2.